The third-order valence-electron chi connectivity index (χ3n) is 2.00. The molecule has 1 aromatic heterocycles. The third-order valence-corrected chi connectivity index (χ3v) is 2.00. The van der Waals surface area contributed by atoms with Crippen molar-refractivity contribution in [2.45, 2.75) is 6.92 Å². The quantitative estimate of drug-likeness (QED) is 0.638. The fraction of sp³-hybridized carbons (Fsp3) is 0.100. The maximum Gasteiger partial charge on any atom is 0.152 e. The van der Waals surface area contributed by atoms with Crippen molar-refractivity contribution in [1.29, 1.82) is 0 Å². The SMILES string of the molecule is [2H]C(=O)c1c(C)[nH]c2ccccc12. The number of para-hydroxylation sites is 1. The van der Waals surface area contributed by atoms with Crippen LogP contribution in [0, 0.1) is 6.92 Å². The number of hydrogen-bond acceptors (Lipinski definition) is 1. The van der Waals surface area contributed by atoms with Crippen molar-refractivity contribution < 1.29 is 6.17 Å². The second kappa shape index (κ2) is 2.48. The van der Waals surface area contributed by atoms with Crippen molar-refractivity contribution in [3.8, 4) is 0 Å². The monoisotopic (exact) mass is 160 g/mol. The van der Waals surface area contributed by atoms with E-state index in [0.717, 1.165) is 16.6 Å². The molecule has 2 aromatic rings. The van der Waals surface area contributed by atoms with Crippen molar-refractivity contribution in [3.05, 3.63) is 35.5 Å². The number of hydrogen-bond donors (Lipinski definition) is 1. The van der Waals surface area contributed by atoms with Gasteiger partial charge in [0.05, 0.1) is 0 Å². The van der Waals surface area contributed by atoms with Crippen LogP contribution in [0.3, 0.4) is 0 Å². The van der Waals surface area contributed by atoms with Gasteiger partial charge in [-0.15, -0.1) is 0 Å². The number of aromatic nitrogens is 1. The van der Waals surface area contributed by atoms with Gasteiger partial charge in [0.15, 0.2) is 6.26 Å². The Balaban J connectivity index is 2.86. The van der Waals surface area contributed by atoms with E-state index in [1.165, 1.54) is 0 Å². The Bertz CT molecular complexity index is 473. The minimum Gasteiger partial charge on any atom is -0.358 e. The molecule has 0 spiro atoms. The number of rotatable bonds is 1. The minimum absolute atomic E-state index is 0.482. The number of aryl methyl sites for hydroxylation is 1. The van der Waals surface area contributed by atoms with Crippen LogP contribution in [0.25, 0.3) is 10.9 Å². The van der Waals surface area contributed by atoms with Crippen LogP contribution in [0.2, 0.25) is 0 Å². The van der Waals surface area contributed by atoms with E-state index in [-0.39, 0.29) is 0 Å². The molecule has 0 radical (unpaired) electrons. The first kappa shape index (κ1) is 6.00. The van der Waals surface area contributed by atoms with Crippen molar-refractivity contribution >= 4 is 17.2 Å². The molecule has 1 heterocycles. The van der Waals surface area contributed by atoms with E-state index in [4.69, 9.17) is 1.37 Å². The Hall–Kier alpha value is -1.57. The van der Waals surface area contributed by atoms with E-state index in [1.807, 2.05) is 31.2 Å². The molecule has 0 amide bonds. The predicted octanol–water partition coefficient (Wildman–Crippen LogP) is 2.29. The highest BCUT2D eigenvalue weighted by Crippen LogP contribution is 2.19. The van der Waals surface area contributed by atoms with Crippen molar-refractivity contribution in [3.63, 3.8) is 0 Å². The number of benzene rings is 1. The summed E-state index contributed by atoms with van der Waals surface area (Å²) in [4.78, 5) is 14.1. The molecule has 0 bridgehead atoms. The molecule has 0 aliphatic carbocycles. The second-order valence-corrected chi connectivity index (χ2v) is 2.77. The lowest BCUT2D eigenvalue weighted by molar-refractivity contribution is 0.112. The maximum atomic E-state index is 11.0. The fourth-order valence-electron chi connectivity index (χ4n) is 1.41. The highest BCUT2D eigenvalue weighted by atomic mass is 16.1. The van der Waals surface area contributed by atoms with Crippen LogP contribution in [0.5, 0.6) is 0 Å². The van der Waals surface area contributed by atoms with Gasteiger partial charge in [0.2, 0.25) is 0 Å². The summed E-state index contributed by atoms with van der Waals surface area (Å²) in [7, 11) is 0. The summed E-state index contributed by atoms with van der Waals surface area (Å²) in [5.74, 6) is 0. The summed E-state index contributed by atoms with van der Waals surface area (Å²) in [5.41, 5.74) is 2.16. The first-order valence-electron chi connectivity index (χ1n) is 4.28. The molecule has 0 aliphatic rings. The zero-order valence-electron chi connectivity index (χ0n) is 7.72. The number of aldehydes is 1. The van der Waals surface area contributed by atoms with Crippen molar-refractivity contribution in [2.24, 2.45) is 0 Å². The van der Waals surface area contributed by atoms with E-state index < -0.39 is 6.26 Å². The fourth-order valence-corrected chi connectivity index (χ4v) is 1.41. The first-order chi connectivity index (χ1) is 6.20. The van der Waals surface area contributed by atoms with Gasteiger partial charge in [0, 0.05) is 22.2 Å². The van der Waals surface area contributed by atoms with Crippen molar-refractivity contribution in [2.75, 3.05) is 0 Å². The summed E-state index contributed by atoms with van der Waals surface area (Å²) in [6.07, 6.45) is -0.630. The summed E-state index contributed by atoms with van der Waals surface area (Å²) >= 11 is 0. The van der Waals surface area contributed by atoms with Crippen LogP contribution in [0.4, 0.5) is 0 Å². The smallest absolute Gasteiger partial charge is 0.152 e. The van der Waals surface area contributed by atoms with E-state index in [9.17, 15) is 4.79 Å². The molecule has 0 saturated carbocycles. The molecule has 0 unspecified atom stereocenters. The highest BCUT2D eigenvalue weighted by molar-refractivity contribution is 5.98. The van der Waals surface area contributed by atoms with Crippen LogP contribution in [0.1, 0.15) is 17.4 Å². The molecule has 0 aliphatic heterocycles. The molecule has 2 rings (SSSR count). The number of fused-ring (bicyclic) bond motifs is 1. The number of carbonyl (C=O) groups is 1. The van der Waals surface area contributed by atoms with E-state index in [1.54, 1.807) is 0 Å². The van der Waals surface area contributed by atoms with E-state index in [0.29, 0.717) is 5.56 Å². The number of carbonyl (C=O) groups excluding carboxylic acids is 1. The van der Waals surface area contributed by atoms with Gasteiger partial charge in [-0.25, -0.2) is 0 Å². The van der Waals surface area contributed by atoms with Crippen LogP contribution >= 0.6 is 0 Å². The Morgan fingerprint density at radius 2 is 2.25 bits per heavy atom. The highest BCUT2D eigenvalue weighted by Gasteiger charge is 2.04. The predicted molar refractivity (Wildman–Crippen MR) is 48.4 cm³/mol. The molecule has 2 heteroatoms. The van der Waals surface area contributed by atoms with Gasteiger partial charge < -0.3 is 4.98 Å². The van der Waals surface area contributed by atoms with Crippen LogP contribution in [0.15, 0.2) is 24.3 Å². The zero-order valence-corrected chi connectivity index (χ0v) is 6.72. The van der Waals surface area contributed by atoms with Crippen LogP contribution in [-0.4, -0.2) is 11.2 Å². The standard InChI is InChI=1S/C10H9NO/c1-7-9(6-12)8-4-2-3-5-10(8)11-7/h2-6,11H,1H3/i6D. The van der Waals surface area contributed by atoms with Gasteiger partial charge in [-0.1, -0.05) is 18.2 Å². The molecule has 0 atom stereocenters. The molecule has 60 valence electrons. The summed E-state index contributed by atoms with van der Waals surface area (Å²) < 4.78 is 7.10. The van der Waals surface area contributed by atoms with Gasteiger partial charge in [-0.2, -0.15) is 0 Å². The Kier molecular flexibility index (Phi) is 1.24. The maximum absolute atomic E-state index is 11.0. The van der Waals surface area contributed by atoms with Gasteiger partial charge in [-0.3, -0.25) is 4.79 Å². The molecule has 12 heavy (non-hydrogen) atoms. The van der Waals surface area contributed by atoms with Gasteiger partial charge in [0.1, 0.15) is 1.37 Å². The number of H-pyrrole nitrogens is 1. The number of nitrogens with one attached hydrogen (secondary N) is 1. The normalized spacial score (nSPS) is 11.6. The lowest BCUT2D eigenvalue weighted by atomic mass is 10.1. The average molecular weight is 160 g/mol. The lowest BCUT2D eigenvalue weighted by Gasteiger charge is -1.87. The molecule has 1 aromatic carbocycles. The topological polar surface area (TPSA) is 32.9 Å². The van der Waals surface area contributed by atoms with Gasteiger partial charge in [-0.05, 0) is 13.0 Å². The number of aromatic amines is 1. The summed E-state index contributed by atoms with van der Waals surface area (Å²) in [5, 5.41) is 0.833. The molecule has 2 nitrogen and oxygen atoms in total. The van der Waals surface area contributed by atoms with Crippen LogP contribution < -0.4 is 0 Å². The molecule has 0 fully saturated rings. The van der Waals surface area contributed by atoms with Gasteiger partial charge in [0.25, 0.3) is 0 Å². The first-order valence-corrected chi connectivity index (χ1v) is 3.78. The summed E-state index contributed by atoms with van der Waals surface area (Å²) in [6, 6.07) is 7.51. The molecular formula is C10H9NO. The summed E-state index contributed by atoms with van der Waals surface area (Å²) in [6.45, 7) is 1.81. The van der Waals surface area contributed by atoms with Crippen LogP contribution in [-0.2, 0) is 0 Å². The van der Waals surface area contributed by atoms with Crippen molar-refractivity contribution in [1.82, 2.24) is 4.98 Å². The molecule has 0 saturated heterocycles. The lowest BCUT2D eigenvalue weighted by Crippen LogP contribution is -1.79. The average Bonchev–Trinajstić information content (AvgIpc) is 2.39. The third kappa shape index (κ3) is 0.848. The Labute approximate surface area is 71.6 Å². The van der Waals surface area contributed by atoms with E-state index in [2.05, 4.69) is 4.98 Å². The van der Waals surface area contributed by atoms with Gasteiger partial charge >= 0.3 is 0 Å². The largest absolute Gasteiger partial charge is 0.358 e. The molecule has 1 N–H and O–H groups in total. The van der Waals surface area contributed by atoms with E-state index >= 15 is 0 Å². The molecular weight excluding hydrogens is 150 g/mol. The zero-order chi connectivity index (χ0) is 9.42. The Morgan fingerprint density at radius 1 is 1.50 bits per heavy atom. The Morgan fingerprint density at radius 3 is 3.00 bits per heavy atom. The second-order valence-electron chi connectivity index (χ2n) is 2.77. The minimum atomic E-state index is -0.630.